The van der Waals surface area contributed by atoms with E-state index in [2.05, 4.69) is 9.72 Å². The lowest BCUT2D eigenvalue weighted by Gasteiger charge is -2.14. The normalized spacial score (nSPS) is 11.7. The number of halogens is 4. The van der Waals surface area contributed by atoms with Crippen LogP contribution in [0.3, 0.4) is 0 Å². The first kappa shape index (κ1) is 16.1. The number of benzene rings is 2. The smallest absolute Gasteiger partial charge is 0.406 e. The molecule has 5 nitrogen and oxygen atoms in total. The van der Waals surface area contributed by atoms with Gasteiger partial charge < -0.3 is 10.5 Å². The number of nitrogens with zero attached hydrogens (tertiary/aromatic N) is 2. The fourth-order valence-electron chi connectivity index (χ4n) is 2.29. The van der Waals surface area contributed by atoms with Crippen LogP contribution >= 0.6 is 11.6 Å². The van der Waals surface area contributed by atoms with Crippen molar-refractivity contribution in [3.63, 3.8) is 0 Å². The van der Waals surface area contributed by atoms with Gasteiger partial charge in [0.25, 0.3) is 0 Å². The molecule has 0 amide bonds. The van der Waals surface area contributed by atoms with E-state index in [-0.39, 0.29) is 22.0 Å². The summed E-state index contributed by atoms with van der Waals surface area (Å²) in [5.74, 6) is -0.585. The van der Waals surface area contributed by atoms with Crippen LogP contribution in [0.4, 0.5) is 19.0 Å². The van der Waals surface area contributed by atoms with Crippen molar-refractivity contribution in [1.82, 2.24) is 9.55 Å². The lowest BCUT2D eigenvalue weighted by molar-refractivity contribution is -0.274. The molecule has 2 N–H and O–H groups in total. The van der Waals surface area contributed by atoms with Gasteiger partial charge in [0.1, 0.15) is 11.6 Å². The fraction of sp³-hybridized carbons (Fsp3) is 0.0667. The summed E-state index contributed by atoms with van der Waals surface area (Å²) in [5, 5.41) is 0.527. The molecule has 0 aliphatic carbocycles. The lowest BCUT2D eigenvalue weighted by Crippen LogP contribution is -2.23. The van der Waals surface area contributed by atoms with Crippen molar-refractivity contribution < 1.29 is 17.9 Å². The maximum Gasteiger partial charge on any atom is 0.573 e. The molecule has 0 bridgehead atoms. The molecule has 0 saturated heterocycles. The number of fused-ring (bicyclic) bond motifs is 1. The second-order valence-electron chi connectivity index (χ2n) is 4.79. The van der Waals surface area contributed by atoms with Gasteiger partial charge in [-0.2, -0.15) is 4.98 Å². The van der Waals surface area contributed by atoms with E-state index >= 15 is 0 Å². The lowest BCUT2D eigenvalue weighted by atomic mass is 10.2. The average Bonchev–Trinajstić information content (AvgIpc) is 2.47. The number of hydrogen-bond acceptors (Lipinski definition) is 4. The molecule has 124 valence electrons. The maximum atomic E-state index is 12.4. The van der Waals surface area contributed by atoms with Gasteiger partial charge in [0.05, 0.1) is 16.2 Å². The summed E-state index contributed by atoms with van der Waals surface area (Å²) in [6, 6.07) is 9.82. The summed E-state index contributed by atoms with van der Waals surface area (Å²) < 4.78 is 42.3. The number of ether oxygens (including phenoxy) is 1. The second-order valence-corrected chi connectivity index (χ2v) is 5.20. The highest BCUT2D eigenvalue weighted by Gasteiger charge is 2.31. The quantitative estimate of drug-likeness (QED) is 0.763. The van der Waals surface area contributed by atoms with Crippen molar-refractivity contribution in [3.05, 3.63) is 58.0 Å². The molecule has 0 unspecified atom stereocenters. The van der Waals surface area contributed by atoms with E-state index in [4.69, 9.17) is 17.3 Å². The molecule has 0 atom stereocenters. The minimum Gasteiger partial charge on any atom is -0.406 e. The molecule has 24 heavy (non-hydrogen) atoms. The summed E-state index contributed by atoms with van der Waals surface area (Å²) in [6.45, 7) is 0. The number of nitrogen functional groups attached to an aromatic ring is 1. The van der Waals surface area contributed by atoms with Crippen LogP contribution in [0.2, 0.25) is 5.02 Å². The van der Waals surface area contributed by atoms with E-state index in [9.17, 15) is 18.0 Å². The Morgan fingerprint density at radius 1 is 1.17 bits per heavy atom. The Morgan fingerprint density at radius 2 is 1.88 bits per heavy atom. The highest BCUT2D eigenvalue weighted by molar-refractivity contribution is 6.32. The van der Waals surface area contributed by atoms with Crippen LogP contribution in [0.25, 0.3) is 16.6 Å². The Bertz CT molecular complexity index is 986. The minimum atomic E-state index is -4.86. The monoisotopic (exact) mass is 355 g/mol. The van der Waals surface area contributed by atoms with Crippen LogP contribution in [0, 0.1) is 0 Å². The van der Waals surface area contributed by atoms with Gasteiger partial charge in [0.2, 0.25) is 0 Å². The zero-order valence-electron chi connectivity index (χ0n) is 11.8. The van der Waals surface area contributed by atoms with E-state index in [0.29, 0.717) is 5.39 Å². The predicted octanol–water partition coefficient (Wildman–Crippen LogP) is 3.52. The minimum absolute atomic E-state index is 0.0994. The molecule has 1 heterocycles. The molecule has 0 aliphatic heterocycles. The highest BCUT2D eigenvalue weighted by atomic mass is 35.5. The van der Waals surface area contributed by atoms with E-state index < -0.39 is 17.8 Å². The van der Waals surface area contributed by atoms with E-state index in [1.807, 2.05) is 0 Å². The van der Waals surface area contributed by atoms with Crippen molar-refractivity contribution in [2.45, 2.75) is 6.36 Å². The first-order valence-corrected chi connectivity index (χ1v) is 6.97. The topological polar surface area (TPSA) is 70.1 Å². The first-order chi connectivity index (χ1) is 11.3. The number of rotatable bonds is 2. The Morgan fingerprint density at radius 3 is 2.54 bits per heavy atom. The van der Waals surface area contributed by atoms with Crippen molar-refractivity contribution in [1.29, 1.82) is 0 Å². The third kappa shape index (κ3) is 3.00. The molecule has 0 fully saturated rings. The van der Waals surface area contributed by atoms with Gasteiger partial charge in [-0.1, -0.05) is 23.7 Å². The molecular weight excluding hydrogens is 347 g/mol. The van der Waals surface area contributed by atoms with E-state index in [1.54, 1.807) is 24.3 Å². The number of nitrogens with two attached hydrogens (primary N) is 1. The number of aromatic nitrogens is 2. The molecule has 3 rings (SSSR count). The summed E-state index contributed by atoms with van der Waals surface area (Å²) in [7, 11) is 0. The van der Waals surface area contributed by atoms with Gasteiger partial charge >= 0.3 is 12.1 Å². The van der Waals surface area contributed by atoms with Gasteiger partial charge in [-0.15, -0.1) is 13.2 Å². The molecule has 0 spiro atoms. The summed E-state index contributed by atoms with van der Waals surface area (Å²) in [5.41, 5.74) is 5.30. The molecular formula is C15H9ClF3N3O2. The van der Waals surface area contributed by atoms with Crippen LogP contribution < -0.4 is 16.2 Å². The van der Waals surface area contributed by atoms with Crippen LogP contribution in [-0.2, 0) is 0 Å². The van der Waals surface area contributed by atoms with Crippen molar-refractivity contribution in [3.8, 4) is 11.4 Å². The third-order valence-corrected chi connectivity index (χ3v) is 3.54. The highest BCUT2D eigenvalue weighted by Crippen LogP contribution is 2.30. The largest absolute Gasteiger partial charge is 0.573 e. The number of anilines is 1. The van der Waals surface area contributed by atoms with E-state index in [1.165, 1.54) is 6.07 Å². The van der Waals surface area contributed by atoms with Crippen molar-refractivity contribution in [2.75, 3.05) is 5.73 Å². The van der Waals surface area contributed by atoms with Gasteiger partial charge in [0.15, 0.2) is 0 Å². The zero-order chi connectivity index (χ0) is 17.5. The maximum absolute atomic E-state index is 12.4. The SMILES string of the molecule is Nc1nc(=O)n(-c2ccccc2Cl)c2cc(OC(F)(F)F)ccc12. The van der Waals surface area contributed by atoms with Crippen LogP contribution in [0.15, 0.2) is 47.3 Å². The Hall–Kier alpha value is -2.74. The van der Waals surface area contributed by atoms with E-state index in [0.717, 1.165) is 16.7 Å². The van der Waals surface area contributed by atoms with Crippen LogP contribution in [-0.4, -0.2) is 15.9 Å². The molecule has 3 aromatic rings. The third-order valence-electron chi connectivity index (χ3n) is 3.22. The number of hydrogen-bond donors (Lipinski definition) is 1. The van der Waals surface area contributed by atoms with Crippen molar-refractivity contribution >= 4 is 28.3 Å². The molecule has 0 radical (unpaired) electrons. The Labute approximate surface area is 138 Å². The summed E-state index contributed by atoms with van der Waals surface area (Å²) in [6.07, 6.45) is -4.86. The van der Waals surface area contributed by atoms with Crippen LogP contribution in [0.5, 0.6) is 5.75 Å². The fourth-order valence-corrected chi connectivity index (χ4v) is 2.51. The van der Waals surface area contributed by atoms with Gasteiger partial charge in [-0.05, 0) is 24.3 Å². The Kier molecular flexibility index (Phi) is 3.84. The van der Waals surface area contributed by atoms with Gasteiger partial charge in [0, 0.05) is 11.5 Å². The molecule has 9 heteroatoms. The molecule has 1 aromatic heterocycles. The molecule has 2 aromatic carbocycles. The number of para-hydroxylation sites is 1. The summed E-state index contributed by atoms with van der Waals surface area (Å²) >= 11 is 6.09. The average molecular weight is 356 g/mol. The zero-order valence-corrected chi connectivity index (χ0v) is 12.6. The van der Waals surface area contributed by atoms with Crippen molar-refractivity contribution in [2.24, 2.45) is 0 Å². The molecule has 0 aliphatic rings. The predicted molar refractivity (Wildman–Crippen MR) is 83.4 cm³/mol. The molecule has 0 saturated carbocycles. The second kappa shape index (κ2) is 5.72. The van der Waals surface area contributed by atoms with Gasteiger partial charge in [-0.25, -0.2) is 4.79 Å². The van der Waals surface area contributed by atoms with Crippen LogP contribution in [0.1, 0.15) is 0 Å². The number of alkyl halides is 3. The standard InChI is InChI=1S/C15H9ClF3N3O2/c16-10-3-1-2-4-11(10)22-12-7-8(24-15(17,18)19)5-6-9(12)13(20)21-14(22)23/h1-7H,(H2,20,21,23). The Balaban J connectivity index is 2.33. The van der Waals surface area contributed by atoms with Gasteiger partial charge in [-0.3, -0.25) is 4.57 Å². The first-order valence-electron chi connectivity index (χ1n) is 6.59. The summed E-state index contributed by atoms with van der Waals surface area (Å²) in [4.78, 5) is 15.9.